The van der Waals surface area contributed by atoms with Crippen molar-refractivity contribution >= 4 is 28.3 Å². The van der Waals surface area contributed by atoms with E-state index in [1.165, 1.54) is 0 Å². The van der Waals surface area contributed by atoms with Crippen LogP contribution >= 0.6 is 11.6 Å². The molecule has 1 aromatic rings. The molecule has 1 aliphatic heterocycles. The maximum absolute atomic E-state index is 12.3. The molecule has 1 aliphatic rings. The molecule has 116 valence electrons. The summed E-state index contributed by atoms with van der Waals surface area (Å²) in [7, 11) is -0.847. The molecule has 6 heteroatoms. The molecule has 2 rings (SSSR count). The third kappa shape index (κ3) is 3.77. The first-order valence-electron chi connectivity index (χ1n) is 6.95. The molecule has 0 spiro atoms. The predicted molar refractivity (Wildman–Crippen MR) is 85.3 cm³/mol. The molecule has 0 saturated carbocycles. The number of nitrogens with zero attached hydrogens (tertiary/aromatic N) is 1. The summed E-state index contributed by atoms with van der Waals surface area (Å²) in [6.07, 6.45) is 0. The minimum atomic E-state index is -0.847. The van der Waals surface area contributed by atoms with Gasteiger partial charge in [-0.25, -0.2) is 0 Å². The van der Waals surface area contributed by atoms with Crippen LogP contribution in [0.2, 0.25) is 5.02 Å². The van der Waals surface area contributed by atoms with Crippen LogP contribution in [-0.4, -0.2) is 45.2 Å². The summed E-state index contributed by atoms with van der Waals surface area (Å²) in [4.78, 5) is 14.0. The summed E-state index contributed by atoms with van der Waals surface area (Å²) in [6, 6.07) is 5.29. The van der Waals surface area contributed by atoms with E-state index < -0.39 is 10.8 Å². The second kappa shape index (κ2) is 6.79. The van der Waals surface area contributed by atoms with Crippen LogP contribution in [0.1, 0.15) is 19.4 Å². The number of carbonyl (C=O) groups is 1. The minimum absolute atomic E-state index is 0.000441. The first-order chi connectivity index (χ1) is 9.90. The molecule has 1 saturated heterocycles. The standard InChI is InChI=1S/C15H20ClNO3S/c1-10-8-13(4-5-14(10)16)20-9-15(18)17-6-7-21(19)12(3)11(17)2/h4-5,8,11-12H,6-7,9H2,1-3H3/t11-,12-,21+/m0/s1. The molecule has 4 nitrogen and oxygen atoms in total. The molecular formula is C15H20ClNO3S. The molecule has 0 radical (unpaired) electrons. The summed E-state index contributed by atoms with van der Waals surface area (Å²) in [6.45, 7) is 6.27. The van der Waals surface area contributed by atoms with E-state index in [2.05, 4.69) is 0 Å². The normalized spacial score (nSPS) is 25.7. The number of hydrogen-bond acceptors (Lipinski definition) is 3. The number of benzene rings is 1. The van der Waals surface area contributed by atoms with Gasteiger partial charge in [0.1, 0.15) is 5.75 Å². The Bertz CT molecular complexity index is 564. The zero-order valence-corrected chi connectivity index (χ0v) is 14.0. The highest BCUT2D eigenvalue weighted by Crippen LogP contribution is 2.21. The number of aryl methyl sites for hydroxylation is 1. The molecule has 0 aliphatic carbocycles. The van der Waals surface area contributed by atoms with E-state index in [9.17, 15) is 9.00 Å². The van der Waals surface area contributed by atoms with Crippen molar-refractivity contribution in [2.75, 3.05) is 18.9 Å². The van der Waals surface area contributed by atoms with Crippen molar-refractivity contribution in [3.8, 4) is 5.75 Å². The zero-order valence-electron chi connectivity index (χ0n) is 12.5. The highest BCUT2D eigenvalue weighted by molar-refractivity contribution is 7.85. The van der Waals surface area contributed by atoms with Gasteiger partial charge in [-0.15, -0.1) is 0 Å². The number of amides is 1. The topological polar surface area (TPSA) is 46.6 Å². The third-order valence-electron chi connectivity index (χ3n) is 3.93. The number of rotatable bonds is 3. The van der Waals surface area contributed by atoms with E-state index in [4.69, 9.17) is 16.3 Å². The summed E-state index contributed by atoms with van der Waals surface area (Å²) in [5.41, 5.74) is 0.914. The Labute approximate surface area is 132 Å². The quantitative estimate of drug-likeness (QED) is 0.855. The third-order valence-corrected chi connectivity index (χ3v) is 6.16. The lowest BCUT2D eigenvalue weighted by atomic mass is 10.2. The van der Waals surface area contributed by atoms with E-state index in [0.717, 1.165) is 5.56 Å². The summed E-state index contributed by atoms with van der Waals surface area (Å²) in [5, 5.41) is 0.676. The SMILES string of the molecule is Cc1cc(OCC(=O)N2CC[S@@](=O)[C@@H](C)[C@@H]2C)ccc1Cl. The Balaban J connectivity index is 1.95. The lowest BCUT2D eigenvalue weighted by Gasteiger charge is -2.37. The van der Waals surface area contributed by atoms with Crippen LogP contribution in [0.3, 0.4) is 0 Å². The number of hydrogen-bond donors (Lipinski definition) is 0. The Morgan fingerprint density at radius 2 is 2.19 bits per heavy atom. The van der Waals surface area contributed by atoms with Crippen LogP contribution in [0.25, 0.3) is 0 Å². The van der Waals surface area contributed by atoms with Crippen LogP contribution in [0, 0.1) is 6.92 Å². The fourth-order valence-electron chi connectivity index (χ4n) is 2.34. The lowest BCUT2D eigenvalue weighted by Crippen LogP contribution is -2.53. The molecule has 0 unspecified atom stereocenters. The van der Waals surface area contributed by atoms with Crippen molar-refractivity contribution in [2.24, 2.45) is 0 Å². The second-order valence-electron chi connectivity index (χ2n) is 5.32. The summed E-state index contributed by atoms with van der Waals surface area (Å²) >= 11 is 5.95. The van der Waals surface area contributed by atoms with Crippen molar-refractivity contribution in [3.05, 3.63) is 28.8 Å². The summed E-state index contributed by atoms with van der Waals surface area (Å²) < 4.78 is 17.3. The van der Waals surface area contributed by atoms with Gasteiger partial charge < -0.3 is 9.64 Å². The van der Waals surface area contributed by atoms with Crippen LogP contribution < -0.4 is 4.74 Å². The molecule has 1 aromatic carbocycles. The van der Waals surface area contributed by atoms with E-state index >= 15 is 0 Å². The van der Waals surface area contributed by atoms with Gasteiger partial charge >= 0.3 is 0 Å². The van der Waals surface area contributed by atoms with Gasteiger partial charge in [-0.2, -0.15) is 0 Å². The lowest BCUT2D eigenvalue weighted by molar-refractivity contribution is -0.135. The van der Waals surface area contributed by atoms with Crippen molar-refractivity contribution < 1.29 is 13.7 Å². The van der Waals surface area contributed by atoms with Gasteiger partial charge in [0.25, 0.3) is 5.91 Å². The Kier molecular flexibility index (Phi) is 5.27. The van der Waals surface area contributed by atoms with Crippen molar-refractivity contribution in [2.45, 2.75) is 32.1 Å². The van der Waals surface area contributed by atoms with E-state index in [0.29, 0.717) is 23.1 Å². The molecular weight excluding hydrogens is 310 g/mol. The van der Waals surface area contributed by atoms with Gasteiger partial charge in [0.2, 0.25) is 0 Å². The Morgan fingerprint density at radius 3 is 2.86 bits per heavy atom. The van der Waals surface area contributed by atoms with Crippen molar-refractivity contribution in [1.82, 2.24) is 4.90 Å². The smallest absolute Gasteiger partial charge is 0.260 e. The number of carbonyl (C=O) groups excluding carboxylic acids is 1. The monoisotopic (exact) mass is 329 g/mol. The van der Waals surface area contributed by atoms with Crippen LogP contribution in [0.15, 0.2) is 18.2 Å². The predicted octanol–water partition coefficient (Wildman–Crippen LogP) is 2.40. The first-order valence-corrected chi connectivity index (χ1v) is 8.71. The average Bonchev–Trinajstić information content (AvgIpc) is 2.46. The van der Waals surface area contributed by atoms with Gasteiger partial charge in [0, 0.05) is 34.2 Å². The molecule has 1 fully saturated rings. The maximum atomic E-state index is 12.3. The molecule has 1 amide bonds. The van der Waals surface area contributed by atoms with Crippen molar-refractivity contribution in [3.63, 3.8) is 0 Å². The number of halogens is 1. The highest BCUT2D eigenvalue weighted by atomic mass is 35.5. The fraction of sp³-hybridized carbons (Fsp3) is 0.533. The Hall–Kier alpha value is -1.07. The van der Waals surface area contributed by atoms with E-state index in [1.54, 1.807) is 17.0 Å². The van der Waals surface area contributed by atoms with Gasteiger partial charge in [-0.05, 0) is 44.5 Å². The molecule has 0 N–H and O–H groups in total. The van der Waals surface area contributed by atoms with Crippen LogP contribution in [0.5, 0.6) is 5.75 Å². The minimum Gasteiger partial charge on any atom is -0.484 e. The van der Waals surface area contributed by atoms with Gasteiger partial charge in [-0.1, -0.05) is 11.6 Å². The largest absolute Gasteiger partial charge is 0.484 e. The molecule has 0 bridgehead atoms. The maximum Gasteiger partial charge on any atom is 0.260 e. The van der Waals surface area contributed by atoms with E-state index in [1.807, 2.05) is 26.8 Å². The second-order valence-corrected chi connectivity index (χ2v) is 7.64. The summed E-state index contributed by atoms with van der Waals surface area (Å²) in [5.74, 6) is 1.10. The molecule has 21 heavy (non-hydrogen) atoms. The Morgan fingerprint density at radius 1 is 1.48 bits per heavy atom. The van der Waals surface area contributed by atoms with E-state index in [-0.39, 0.29) is 23.8 Å². The molecule has 0 aromatic heterocycles. The van der Waals surface area contributed by atoms with Gasteiger partial charge in [0.05, 0.1) is 5.25 Å². The van der Waals surface area contributed by atoms with Gasteiger partial charge in [0.15, 0.2) is 6.61 Å². The molecule has 3 atom stereocenters. The van der Waals surface area contributed by atoms with Crippen LogP contribution in [-0.2, 0) is 15.6 Å². The van der Waals surface area contributed by atoms with Crippen LogP contribution in [0.4, 0.5) is 0 Å². The number of ether oxygens (including phenoxy) is 1. The van der Waals surface area contributed by atoms with Crippen molar-refractivity contribution in [1.29, 1.82) is 0 Å². The zero-order chi connectivity index (χ0) is 15.6. The first kappa shape index (κ1) is 16.3. The highest BCUT2D eigenvalue weighted by Gasteiger charge is 2.32. The fourth-order valence-corrected chi connectivity index (χ4v) is 3.79. The average molecular weight is 330 g/mol. The molecule has 1 heterocycles. The van der Waals surface area contributed by atoms with Gasteiger partial charge in [-0.3, -0.25) is 9.00 Å².